The minimum atomic E-state index is -0.406. The summed E-state index contributed by atoms with van der Waals surface area (Å²) in [5, 5.41) is 7.01. The molecule has 6 aromatic carbocycles. The molecule has 1 aliphatic carbocycles. The first kappa shape index (κ1) is 29.6. The molecule has 3 aromatic heterocycles. The molecular formula is C47H29N3S2. The third-order valence-electron chi connectivity index (χ3n) is 10.6. The molecule has 0 N–H and O–H groups in total. The van der Waals surface area contributed by atoms with Crippen molar-refractivity contribution in [3.8, 4) is 43.7 Å². The summed E-state index contributed by atoms with van der Waals surface area (Å²) >= 11 is 3.72. The number of nitrogens with zero attached hydrogens (tertiary/aromatic N) is 3. The molecule has 0 atom stereocenters. The van der Waals surface area contributed by atoms with Gasteiger partial charge in [0, 0.05) is 32.1 Å². The predicted octanol–water partition coefficient (Wildman–Crippen LogP) is 12.9. The molecule has 244 valence electrons. The Morgan fingerprint density at radius 2 is 1.02 bits per heavy atom. The molecule has 9 aromatic rings. The molecule has 0 saturated heterocycles. The maximum atomic E-state index is 5.18. The highest BCUT2D eigenvalue weighted by molar-refractivity contribution is 7.21. The van der Waals surface area contributed by atoms with Crippen LogP contribution in [0, 0.1) is 0 Å². The van der Waals surface area contributed by atoms with Crippen molar-refractivity contribution in [1.82, 2.24) is 9.97 Å². The number of thiophene rings is 2. The van der Waals surface area contributed by atoms with Crippen LogP contribution in [-0.4, -0.2) is 9.97 Å². The van der Waals surface area contributed by atoms with Gasteiger partial charge in [0.15, 0.2) is 5.82 Å². The maximum absolute atomic E-state index is 5.18. The Morgan fingerprint density at radius 3 is 1.75 bits per heavy atom. The molecule has 0 fully saturated rings. The van der Waals surface area contributed by atoms with E-state index in [0.29, 0.717) is 5.82 Å². The lowest BCUT2D eigenvalue weighted by Crippen LogP contribution is -2.35. The molecule has 0 saturated carbocycles. The Labute approximate surface area is 309 Å². The monoisotopic (exact) mass is 699 g/mol. The fraction of sp³-hybridized carbons (Fsp3) is 0.0213. The molecular weight excluding hydrogens is 671 g/mol. The molecule has 0 unspecified atom stereocenters. The quantitative estimate of drug-likeness (QED) is 0.183. The van der Waals surface area contributed by atoms with Gasteiger partial charge in [0.2, 0.25) is 0 Å². The zero-order valence-corrected chi connectivity index (χ0v) is 29.5. The van der Waals surface area contributed by atoms with Gasteiger partial charge in [-0.25, -0.2) is 9.97 Å². The highest BCUT2D eigenvalue weighted by atomic mass is 32.1. The Bertz CT molecular complexity index is 2720. The van der Waals surface area contributed by atoms with Crippen LogP contribution in [0.3, 0.4) is 0 Å². The van der Waals surface area contributed by atoms with Crippen molar-refractivity contribution >= 4 is 50.5 Å². The van der Waals surface area contributed by atoms with Crippen molar-refractivity contribution < 1.29 is 0 Å². The van der Waals surface area contributed by atoms with Crippen molar-refractivity contribution in [3.63, 3.8) is 0 Å². The summed E-state index contributed by atoms with van der Waals surface area (Å²) in [5.41, 5.74) is 13.3. The molecule has 0 bridgehead atoms. The predicted molar refractivity (Wildman–Crippen MR) is 217 cm³/mol. The molecule has 4 heterocycles. The number of fused-ring (bicyclic) bond motifs is 10. The summed E-state index contributed by atoms with van der Waals surface area (Å²) in [6.45, 7) is 0. The zero-order valence-electron chi connectivity index (χ0n) is 27.9. The standard InChI is InChI=1S/C47H29N3S2/c1-3-12-30(13-4-1)40-29-41(49-46(48-40)31-14-5-2-6-15-31)34-18-11-19-35(26-34)50-42-21-10-9-20-36(42)47(37-22-24-51-44(37)45-38(47)23-25-52-45)39-27-32-16-7-8-17-33(32)28-43(39)50/h1-29H. The Morgan fingerprint density at radius 1 is 0.423 bits per heavy atom. The van der Waals surface area contributed by atoms with E-state index in [1.165, 1.54) is 54.2 Å². The number of hydrogen-bond donors (Lipinski definition) is 0. The molecule has 2 aliphatic rings. The summed E-state index contributed by atoms with van der Waals surface area (Å²) < 4.78 is 0. The number of anilines is 3. The molecule has 3 nitrogen and oxygen atoms in total. The number of aromatic nitrogens is 2. The molecule has 52 heavy (non-hydrogen) atoms. The Kier molecular flexibility index (Phi) is 6.51. The number of hydrogen-bond acceptors (Lipinski definition) is 5. The van der Waals surface area contributed by atoms with Gasteiger partial charge in [0.1, 0.15) is 0 Å². The third-order valence-corrected chi connectivity index (χ3v) is 12.6. The number of benzene rings is 6. The SMILES string of the molecule is c1ccc(-c2cc(-c3cccc(N4c5ccccc5C5(c6cc7ccccc7cc64)c4ccsc4-c4sccc45)c3)nc(-c3ccccc3)n2)cc1. The second kappa shape index (κ2) is 11.4. The van der Waals surface area contributed by atoms with Crippen molar-refractivity contribution in [2.45, 2.75) is 5.41 Å². The van der Waals surface area contributed by atoms with E-state index in [9.17, 15) is 0 Å². The van der Waals surface area contributed by atoms with Gasteiger partial charge in [0.05, 0.1) is 28.2 Å². The Balaban J connectivity index is 1.16. The summed E-state index contributed by atoms with van der Waals surface area (Å²) in [6.07, 6.45) is 0. The van der Waals surface area contributed by atoms with Crippen LogP contribution >= 0.6 is 22.7 Å². The van der Waals surface area contributed by atoms with E-state index in [0.717, 1.165) is 33.8 Å². The van der Waals surface area contributed by atoms with E-state index in [1.54, 1.807) is 0 Å². The fourth-order valence-electron chi connectivity index (χ4n) is 8.41. The molecule has 5 heteroatoms. The minimum Gasteiger partial charge on any atom is -0.310 e. The second-order valence-electron chi connectivity index (χ2n) is 13.4. The van der Waals surface area contributed by atoms with Crippen molar-refractivity contribution in [1.29, 1.82) is 0 Å². The van der Waals surface area contributed by atoms with E-state index in [-0.39, 0.29) is 0 Å². The minimum absolute atomic E-state index is 0.406. The van der Waals surface area contributed by atoms with E-state index >= 15 is 0 Å². The average Bonchev–Trinajstić information content (AvgIpc) is 3.95. The van der Waals surface area contributed by atoms with Crippen molar-refractivity contribution in [2.75, 3.05) is 4.90 Å². The van der Waals surface area contributed by atoms with E-state index in [1.807, 2.05) is 46.9 Å². The largest absolute Gasteiger partial charge is 0.310 e. The lowest BCUT2D eigenvalue weighted by atomic mass is 9.65. The van der Waals surface area contributed by atoms with Gasteiger partial charge in [-0.15, -0.1) is 22.7 Å². The second-order valence-corrected chi connectivity index (χ2v) is 15.2. The van der Waals surface area contributed by atoms with Gasteiger partial charge in [-0.2, -0.15) is 0 Å². The highest BCUT2D eigenvalue weighted by Gasteiger charge is 2.53. The van der Waals surface area contributed by atoms with Gasteiger partial charge in [0.25, 0.3) is 0 Å². The zero-order chi connectivity index (χ0) is 34.2. The smallest absolute Gasteiger partial charge is 0.160 e. The van der Waals surface area contributed by atoms with Gasteiger partial charge < -0.3 is 4.90 Å². The lowest BCUT2D eigenvalue weighted by Gasteiger charge is -2.44. The first-order valence-corrected chi connectivity index (χ1v) is 19.2. The maximum Gasteiger partial charge on any atom is 0.160 e. The number of para-hydroxylation sites is 1. The van der Waals surface area contributed by atoms with Gasteiger partial charge in [-0.1, -0.05) is 115 Å². The van der Waals surface area contributed by atoms with Crippen LogP contribution in [0.1, 0.15) is 22.3 Å². The van der Waals surface area contributed by atoms with E-state index in [2.05, 4.69) is 155 Å². The highest BCUT2D eigenvalue weighted by Crippen LogP contribution is 2.65. The third kappa shape index (κ3) is 4.24. The summed E-state index contributed by atoms with van der Waals surface area (Å²) in [5.74, 6) is 0.712. The van der Waals surface area contributed by atoms with Crippen molar-refractivity contribution in [2.24, 2.45) is 0 Å². The van der Waals surface area contributed by atoms with Crippen LogP contribution in [0.15, 0.2) is 175 Å². The first-order chi connectivity index (χ1) is 25.8. The van der Waals surface area contributed by atoms with Crippen LogP contribution in [0.4, 0.5) is 17.1 Å². The molecule has 11 rings (SSSR count). The summed E-state index contributed by atoms with van der Waals surface area (Å²) in [6, 6.07) is 59.0. The lowest BCUT2D eigenvalue weighted by molar-refractivity contribution is 0.757. The average molecular weight is 700 g/mol. The topological polar surface area (TPSA) is 29.0 Å². The number of rotatable bonds is 4. The van der Waals surface area contributed by atoms with E-state index < -0.39 is 5.41 Å². The fourth-order valence-corrected chi connectivity index (χ4v) is 10.5. The van der Waals surface area contributed by atoms with Crippen LogP contribution in [0.25, 0.3) is 54.4 Å². The first-order valence-electron chi connectivity index (χ1n) is 17.5. The van der Waals surface area contributed by atoms with Crippen LogP contribution < -0.4 is 4.90 Å². The van der Waals surface area contributed by atoms with E-state index in [4.69, 9.17) is 9.97 Å². The van der Waals surface area contributed by atoms with Crippen LogP contribution in [0.5, 0.6) is 0 Å². The normalized spacial score (nSPS) is 13.5. The summed E-state index contributed by atoms with van der Waals surface area (Å²) in [7, 11) is 0. The molecule has 0 radical (unpaired) electrons. The molecule has 1 spiro atoms. The summed E-state index contributed by atoms with van der Waals surface area (Å²) in [4.78, 5) is 15.5. The Hall–Kier alpha value is -6.14. The van der Waals surface area contributed by atoms with Crippen molar-refractivity contribution in [3.05, 3.63) is 197 Å². The molecule has 0 amide bonds. The molecule has 1 aliphatic heterocycles. The van der Waals surface area contributed by atoms with Crippen LogP contribution in [-0.2, 0) is 5.41 Å². The van der Waals surface area contributed by atoms with Gasteiger partial charge in [-0.3, -0.25) is 0 Å². The van der Waals surface area contributed by atoms with Gasteiger partial charge in [-0.05, 0) is 92.3 Å². The van der Waals surface area contributed by atoms with Gasteiger partial charge >= 0.3 is 0 Å². The van der Waals surface area contributed by atoms with Crippen LogP contribution in [0.2, 0.25) is 0 Å².